The van der Waals surface area contributed by atoms with E-state index in [0.717, 1.165) is 28.6 Å². The maximum atomic E-state index is 12.5. The Morgan fingerprint density at radius 2 is 1.57 bits per heavy atom. The lowest BCUT2D eigenvalue weighted by Crippen LogP contribution is -2.30. The fraction of sp³-hybridized carbons (Fsp3) is 0.148. The first-order valence-electron chi connectivity index (χ1n) is 11.3. The van der Waals surface area contributed by atoms with Crippen LogP contribution in [0.1, 0.15) is 11.1 Å². The van der Waals surface area contributed by atoms with Crippen molar-refractivity contribution in [3.05, 3.63) is 88.8 Å². The summed E-state index contributed by atoms with van der Waals surface area (Å²) in [5, 5.41) is 3.22. The minimum absolute atomic E-state index is 0.0670. The van der Waals surface area contributed by atoms with Gasteiger partial charge in [0.15, 0.2) is 5.17 Å². The van der Waals surface area contributed by atoms with Crippen molar-refractivity contribution in [1.29, 1.82) is 0 Å². The highest BCUT2D eigenvalue weighted by Gasteiger charge is 2.23. The first-order chi connectivity index (χ1) is 17.6. The number of hydrogen-bond acceptors (Lipinski definition) is 7. The van der Waals surface area contributed by atoms with Gasteiger partial charge < -0.3 is 10.2 Å². The summed E-state index contributed by atoms with van der Waals surface area (Å²) in [4.78, 5) is 31.3. The molecule has 1 aliphatic heterocycles. The zero-order valence-corrected chi connectivity index (χ0v) is 22.2. The molecule has 0 aromatic heterocycles. The number of carbonyl (C=O) groups is 2. The quantitative estimate of drug-likeness (QED) is 0.445. The number of hydrogen-bond donors (Lipinski definition) is 2. The van der Waals surface area contributed by atoms with E-state index < -0.39 is 15.9 Å². The second-order valence-electron chi connectivity index (χ2n) is 8.69. The highest BCUT2D eigenvalue weighted by atomic mass is 32.2. The van der Waals surface area contributed by atoms with E-state index >= 15 is 0 Å². The van der Waals surface area contributed by atoms with Crippen LogP contribution >= 0.6 is 11.8 Å². The molecule has 1 fully saturated rings. The van der Waals surface area contributed by atoms with Gasteiger partial charge in [-0.1, -0.05) is 48.5 Å². The van der Waals surface area contributed by atoms with Gasteiger partial charge in [-0.05, 0) is 64.4 Å². The molecule has 0 unspecified atom stereocenters. The molecule has 3 aromatic carbocycles. The van der Waals surface area contributed by atoms with Gasteiger partial charge in [0.1, 0.15) is 0 Å². The first kappa shape index (κ1) is 26.2. The van der Waals surface area contributed by atoms with Crippen molar-refractivity contribution in [1.82, 2.24) is 10.0 Å². The van der Waals surface area contributed by atoms with E-state index in [1.54, 1.807) is 24.3 Å². The highest BCUT2D eigenvalue weighted by Crippen LogP contribution is 2.29. The SMILES string of the molecule is CN(C)c1ccc(-c2ccc(/C=C3/SC(=Nc4ccc(CC(=O)NS(C)(=O)=O)cc4)NC3=O)cc2)cc1. The van der Waals surface area contributed by atoms with Crippen LogP contribution in [0, 0.1) is 0 Å². The number of nitrogens with one attached hydrogen (secondary N) is 2. The maximum Gasteiger partial charge on any atom is 0.264 e. The van der Waals surface area contributed by atoms with Gasteiger partial charge in [-0.2, -0.15) is 0 Å². The molecule has 10 heteroatoms. The molecular formula is C27H26N4O4S2. The van der Waals surface area contributed by atoms with Crippen LogP contribution in [-0.2, 0) is 26.0 Å². The number of nitrogens with zero attached hydrogens (tertiary/aromatic N) is 2. The van der Waals surface area contributed by atoms with Crippen LogP contribution in [-0.4, -0.2) is 45.8 Å². The second-order valence-corrected chi connectivity index (χ2v) is 11.5. The van der Waals surface area contributed by atoms with Gasteiger partial charge in [-0.15, -0.1) is 0 Å². The van der Waals surface area contributed by atoms with Crippen LogP contribution in [0.3, 0.4) is 0 Å². The third-order valence-corrected chi connectivity index (χ3v) is 6.92. The third-order valence-electron chi connectivity index (χ3n) is 5.41. The highest BCUT2D eigenvalue weighted by molar-refractivity contribution is 8.18. The number of carbonyl (C=O) groups excluding carboxylic acids is 2. The summed E-state index contributed by atoms with van der Waals surface area (Å²) in [5.74, 6) is -0.827. The Balaban J connectivity index is 1.40. The summed E-state index contributed by atoms with van der Waals surface area (Å²) in [6.45, 7) is 0. The summed E-state index contributed by atoms with van der Waals surface area (Å²) < 4.78 is 24.3. The number of rotatable bonds is 7. The molecule has 1 aliphatic rings. The van der Waals surface area contributed by atoms with Gasteiger partial charge in [0.2, 0.25) is 15.9 Å². The summed E-state index contributed by atoms with van der Waals surface area (Å²) in [5.41, 5.74) is 5.50. The lowest BCUT2D eigenvalue weighted by atomic mass is 10.0. The third kappa shape index (κ3) is 7.31. The van der Waals surface area contributed by atoms with Gasteiger partial charge in [0.05, 0.1) is 23.3 Å². The Kier molecular flexibility index (Phi) is 7.80. The van der Waals surface area contributed by atoms with Crippen molar-refractivity contribution in [3.63, 3.8) is 0 Å². The van der Waals surface area contributed by atoms with E-state index in [1.165, 1.54) is 11.8 Å². The number of benzene rings is 3. The predicted molar refractivity (Wildman–Crippen MR) is 150 cm³/mol. The Labute approximate surface area is 220 Å². The zero-order valence-electron chi connectivity index (χ0n) is 20.6. The predicted octanol–water partition coefficient (Wildman–Crippen LogP) is 3.93. The van der Waals surface area contributed by atoms with Crippen LogP contribution in [0.25, 0.3) is 17.2 Å². The number of sulfonamides is 1. The van der Waals surface area contributed by atoms with E-state index in [9.17, 15) is 18.0 Å². The monoisotopic (exact) mass is 534 g/mol. The summed E-state index contributed by atoms with van der Waals surface area (Å²) >= 11 is 1.25. The molecule has 8 nitrogen and oxygen atoms in total. The van der Waals surface area contributed by atoms with Crippen molar-refractivity contribution in [2.45, 2.75) is 6.42 Å². The standard InChI is InChI=1S/C27H26N4O4S2/c1-31(2)23-14-10-21(11-15-23)20-8-4-18(5-9-20)16-24-26(33)29-27(36-24)28-22-12-6-19(7-13-22)17-25(32)30-37(3,34)35/h4-16H,17H2,1-3H3,(H,30,32)(H,28,29,33)/b24-16+. The van der Waals surface area contributed by atoms with Crippen LogP contribution in [0.15, 0.2) is 82.7 Å². The summed E-state index contributed by atoms with van der Waals surface area (Å²) in [6.07, 6.45) is 2.69. The molecule has 0 aliphatic carbocycles. The van der Waals surface area contributed by atoms with Gasteiger partial charge >= 0.3 is 0 Å². The molecule has 1 heterocycles. The normalized spacial score (nSPS) is 15.6. The number of thioether (sulfide) groups is 1. The molecule has 37 heavy (non-hydrogen) atoms. The lowest BCUT2D eigenvalue weighted by molar-refractivity contribution is -0.118. The molecule has 3 aromatic rings. The van der Waals surface area contributed by atoms with Crippen molar-refractivity contribution in [2.75, 3.05) is 25.3 Å². The Morgan fingerprint density at radius 1 is 0.973 bits per heavy atom. The first-order valence-corrected chi connectivity index (χ1v) is 14.0. The zero-order chi connectivity index (χ0) is 26.6. The number of amides is 2. The Morgan fingerprint density at radius 3 is 2.14 bits per heavy atom. The van der Waals surface area contributed by atoms with Crippen molar-refractivity contribution >= 4 is 56.2 Å². The van der Waals surface area contributed by atoms with Gasteiger partial charge in [0.25, 0.3) is 5.91 Å². The maximum absolute atomic E-state index is 12.5. The van der Waals surface area contributed by atoms with E-state index in [4.69, 9.17) is 0 Å². The molecule has 0 saturated carbocycles. The van der Waals surface area contributed by atoms with Crippen molar-refractivity contribution in [3.8, 4) is 11.1 Å². The van der Waals surface area contributed by atoms with Crippen LogP contribution in [0.4, 0.5) is 11.4 Å². The largest absolute Gasteiger partial charge is 0.378 e. The smallest absolute Gasteiger partial charge is 0.264 e. The summed E-state index contributed by atoms with van der Waals surface area (Å²) in [6, 6.07) is 23.1. The van der Waals surface area contributed by atoms with E-state index in [1.807, 2.05) is 49.2 Å². The van der Waals surface area contributed by atoms with Crippen LogP contribution in [0.2, 0.25) is 0 Å². The molecule has 2 N–H and O–H groups in total. The summed E-state index contributed by atoms with van der Waals surface area (Å²) in [7, 11) is 0.426. The minimum atomic E-state index is -3.59. The van der Waals surface area contributed by atoms with E-state index in [-0.39, 0.29) is 12.3 Å². The number of amidine groups is 1. The molecule has 0 radical (unpaired) electrons. The Hall–Kier alpha value is -3.89. The van der Waals surface area contributed by atoms with Crippen LogP contribution < -0.4 is 14.9 Å². The second kappa shape index (κ2) is 11.0. The number of anilines is 1. The molecule has 2 amide bonds. The van der Waals surface area contributed by atoms with Gasteiger partial charge in [0, 0.05) is 19.8 Å². The topological polar surface area (TPSA) is 108 Å². The molecule has 0 spiro atoms. The van der Waals surface area contributed by atoms with E-state index in [2.05, 4.69) is 39.5 Å². The molecule has 0 atom stereocenters. The molecule has 190 valence electrons. The minimum Gasteiger partial charge on any atom is -0.378 e. The van der Waals surface area contributed by atoms with Crippen LogP contribution in [0.5, 0.6) is 0 Å². The van der Waals surface area contributed by atoms with Gasteiger partial charge in [-0.25, -0.2) is 13.4 Å². The fourth-order valence-corrected chi connectivity index (χ4v) is 4.92. The molecule has 4 rings (SSSR count). The lowest BCUT2D eigenvalue weighted by Gasteiger charge is -2.12. The average molecular weight is 535 g/mol. The van der Waals surface area contributed by atoms with Crippen molar-refractivity contribution < 1.29 is 18.0 Å². The van der Waals surface area contributed by atoms with Crippen molar-refractivity contribution in [2.24, 2.45) is 4.99 Å². The fourth-order valence-electron chi connectivity index (χ4n) is 3.59. The Bertz CT molecular complexity index is 1480. The molecule has 1 saturated heterocycles. The number of aliphatic imine (C=N–C) groups is 1. The van der Waals surface area contributed by atoms with E-state index in [0.29, 0.717) is 21.3 Å². The average Bonchev–Trinajstić information content (AvgIpc) is 3.18. The molecular weight excluding hydrogens is 508 g/mol. The molecule has 0 bridgehead atoms. The van der Waals surface area contributed by atoms with Gasteiger partial charge in [-0.3, -0.25) is 14.3 Å².